The van der Waals surface area contributed by atoms with Crippen molar-refractivity contribution >= 4 is 23.2 Å². The third-order valence-corrected chi connectivity index (χ3v) is 3.84. The average Bonchev–Trinajstić information content (AvgIpc) is 2.34. The topological polar surface area (TPSA) is 20.2 Å². The highest BCUT2D eigenvalue weighted by atomic mass is 35.5. The first kappa shape index (κ1) is 15.8. The molecule has 0 fully saturated rings. The first-order valence-electron chi connectivity index (χ1n) is 6.75. The minimum absolute atomic E-state index is 0.274. The summed E-state index contributed by atoms with van der Waals surface area (Å²) in [6.45, 7) is 2.21. The van der Waals surface area contributed by atoms with Crippen LogP contribution in [-0.4, -0.2) is 11.2 Å². The number of hydrogen-bond acceptors (Lipinski definition) is 1. The Balaban J connectivity index is 2.26. The largest absolute Gasteiger partial charge is 0.393 e. The van der Waals surface area contributed by atoms with Crippen LogP contribution < -0.4 is 0 Å². The second-order valence-electron chi connectivity index (χ2n) is 4.81. The molecule has 1 unspecified atom stereocenters. The quantitative estimate of drug-likeness (QED) is 0.647. The zero-order valence-electron chi connectivity index (χ0n) is 11.0. The summed E-state index contributed by atoms with van der Waals surface area (Å²) in [6.07, 6.45) is 7.39. The van der Waals surface area contributed by atoms with Crippen LogP contribution in [0.15, 0.2) is 18.2 Å². The number of unbranched alkanes of at least 4 members (excludes halogenated alkanes) is 4. The molecule has 0 radical (unpaired) electrons. The lowest BCUT2D eigenvalue weighted by Gasteiger charge is -2.11. The van der Waals surface area contributed by atoms with E-state index in [-0.39, 0.29) is 6.10 Å². The average molecular weight is 289 g/mol. The summed E-state index contributed by atoms with van der Waals surface area (Å²) < 4.78 is 0. The van der Waals surface area contributed by atoms with Crippen LogP contribution in [0.25, 0.3) is 0 Å². The van der Waals surface area contributed by atoms with E-state index in [1.165, 1.54) is 25.7 Å². The molecule has 1 aromatic carbocycles. The van der Waals surface area contributed by atoms with Crippen molar-refractivity contribution in [1.29, 1.82) is 0 Å². The van der Waals surface area contributed by atoms with Gasteiger partial charge < -0.3 is 5.11 Å². The number of aliphatic hydroxyl groups is 1. The van der Waals surface area contributed by atoms with Crippen molar-refractivity contribution in [3.05, 3.63) is 33.8 Å². The number of rotatable bonds is 8. The van der Waals surface area contributed by atoms with Crippen LogP contribution in [0.2, 0.25) is 10.0 Å². The molecule has 1 N–H and O–H groups in total. The monoisotopic (exact) mass is 288 g/mol. The van der Waals surface area contributed by atoms with Gasteiger partial charge in [-0.15, -0.1) is 0 Å². The summed E-state index contributed by atoms with van der Waals surface area (Å²) in [4.78, 5) is 0. The molecule has 0 saturated heterocycles. The summed E-state index contributed by atoms with van der Waals surface area (Å²) in [5.74, 6) is 0. The van der Waals surface area contributed by atoms with Crippen molar-refractivity contribution in [3.63, 3.8) is 0 Å². The van der Waals surface area contributed by atoms with Crippen LogP contribution in [0, 0.1) is 0 Å². The van der Waals surface area contributed by atoms with Gasteiger partial charge in [-0.2, -0.15) is 0 Å². The maximum atomic E-state index is 9.94. The van der Waals surface area contributed by atoms with E-state index in [4.69, 9.17) is 23.2 Å². The van der Waals surface area contributed by atoms with E-state index in [0.29, 0.717) is 16.5 Å². The van der Waals surface area contributed by atoms with Crippen molar-refractivity contribution in [2.75, 3.05) is 0 Å². The third-order valence-electron chi connectivity index (χ3n) is 3.10. The fourth-order valence-corrected chi connectivity index (χ4v) is 2.34. The highest BCUT2D eigenvalue weighted by Gasteiger charge is 2.07. The summed E-state index contributed by atoms with van der Waals surface area (Å²) >= 11 is 11.8. The first-order chi connectivity index (χ1) is 8.63. The Labute approximate surface area is 120 Å². The second-order valence-corrected chi connectivity index (χ2v) is 5.62. The molecular formula is C15H22Cl2O. The molecule has 0 aromatic heterocycles. The van der Waals surface area contributed by atoms with E-state index in [9.17, 15) is 5.11 Å². The van der Waals surface area contributed by atoms with E-state index < -0.39 is 0 Å². The predicted octanol–water partition coefficient (Wildman–Crippen LogP) is 5.26. The molecule has 1 atom stereocenters. The molecule has 0 aliphatic heterocycles. The van der Waals surface area contributed by atoms with Crippen LogP contribution >= 0.6 is 23.2 Å². The van der Waals surface area contributed by atoms with Gasteiger partial charge in [-0.05, 0) is 30.5 Å². The van der Waals surface area contributed by atoms with Crippen molar-refractivity contribution in [3.8, 4) is 0 Å². The lowest BCUT2D eigenvalue weighted by Crippen LogP contribution is -2.10. The van der Waals surface area contributed by atoms with Crippen molar-refractivity contribution in [1.82, 2.24) is 0 Å². The minimum atomic E-state index is -0.274. The Morgan fingerprint density at radius 2 is 1.78 bits per heavy atom. The predicted molar refractivity (Wildman–Crippen MR) is 79.5 cm³/mol. The van der Waals surface area contributed by atoms with E-state index in [2.05, 4.69) is 6.92 Å². The van der Waals surface area contributed by atoms with Gasteiger partial charge >= 0.3 is 0 Å². The lowest BCUT2D eigenvalue weighted by molar-refractivity contribution is 0.161. The normalized spacial score (nSPS) is 12.7. The maximum absolute atomic E-state index is 9.94. The number of halogens is 2. The molecule has 0 amide bonds. The molecule has 0 heterocycles. The van der Waals surface area contributed by atoms with Crippen LogP contribution in [-0.2, 0) is 6.42 Å². The van der Waals surface area contributed by atoms with Crippen molar-refractivity contribution in [2.24, 2.45) is 0 Å². The van der Waals surface area contributed by atoms with E-state index in [1.54, 1.807) is 6.07 Å². The summed E-state index contributed by atoms with van der Waals surface area (Å²) in [7, 11) is 0. The summed E-state index contributed by atoms with van der Waals surface area (Å²) in [5, 5.41) is 11.1. The summed E-state index contributed by atoms with van der Waals surface area (Å²) in [5.41, 5.74) is 1.05. The van der Waals surface area contributed by atoms with Gasteiger partial charge in [-0.25, -0.2) is 0 Å². The Bertz CT molecular complexity index is 352. The molecule has 3 heteroatoms. The van der Waals surface area contributed by atoms with Crippen molar-refractivity contribution in [2.45, 2.75) is 58.0 Å². The Morgan fingerprint density at radius 1 is 1.06 bits per heavy atom. The molecule has 0 spiro atoms. The number of aliphatic hydroxyl groups excluding tert-OH is 1. The van der Waals surface area contributed by atoms with Gasteiger partial charge in [0.15, 0.2) is 0 Å². The number of benzene rings is 1. The van der Waals surface area contributed by atoms with Crippen LogP contribution in [0.5, 0.6) is 0 Å². The van der Waals surface area contributed by atoms with Gasteiger partial charge in [-0.3, -0.25) is 0 Å². The molecule has 0 aliphatic carbocycles. The van der Waals surface area contributed by atoms with Gasteiger partial charge in [-0.1, -0.05) is 68.3 Å². The van der Waals surface area contributed by atoms with Gasteiger partial charge in [0.05, 0.1) is 16.1 Å². The molecule has 1 aromatic rings. The molecule has 1 nitrogen and oxygen atoms in total. The fourth-order valence-electron chi connectivity index (χ4n) is 2.02. The standard InChI is InChI=1S/C15H22Cl2O/c1-2-3-4-5-6-7-13(18)10-12-8-9-14(16)15(17)11-12/h8-9,11,13,18H,2-7,10H2,1H3. The SMILES string of the molecule is CCCCCCCC(O)Cc1ccc(Cl)c(Cl)c1. The van der Waals surface area contributed by atoms with E-state index >= 15 is 0 Å². The van der Waals surface area contributed by atoms with Crippen LogP contribution in [0.3, 0.4) is 0 Å². The van der Waals surface area contributed by atoms with Crippen LogP contribution in [0.4, 0.5) is 0 Å². The zero-order valence-corrected chi connectivity index (χ0v) is 12.5. The number of hydrogen-bond donors (Lipinski definition) is 1. The Hall–Kier alpha value is -0.240. The van der Waals surface area contributed by atoms with E-state index in [1.807, 2.05) is 12.1 Å². The van der Waals surface area contributed by atoms with Gasteiger partial charge in [0.25, 0.3) is 0 Å². The molecule has 18 heavy (non-hydrogen) atoms. The highest BCUT2D eigenvalue weighted by molar-refractivity contribution is 6.42. The smallest absolute Gasteiger partial charge is 0.0595 e. The fraction of sp³-hybridized carbons (Fsp3) is 0.600. The zero-order chi connectivity index (χ0) is 13.4. The molecule has 0 bridgehead atoms. The third kappa shape index (κ3) is 6.08. The van der Waals surface area contributed by atoms with Crippen LogP contribution in [0.1, 0.15) is 51.0 Å². The Kier molecular flexibility index (Phi) is 7.73. The summed E-state index contributed by atoms with van der Waals surface area (Å²) in [6, 6.07) is 5.55. The molecule has 1 rings (SSSR count). The van der Waals surface area contributed by atoms with Crippen molar-refractivity contribution < 1.29 is 5.11 Å². The second kappa shape index (κ2) is 8.79. The van der Waals surface area contributed by atoms with E-state index in [0.717, 1.165) is 18.4 Å². The van der Waals surface area contributed by atoms with Gasteiger partial charge in [0.1, 0.15) is 0 Å². The lowest BCUT2D eigenvalue weighted by atomic mass is 10.0. The first-order valence-corrected chi connectivity index (χ1v) is 7.51. The maximum Gasteiger partial charge on any atom is 0.0595 e. The Morgan fingerprint density at radius 3 is 2.44 bits per heavy atom. The molecule has 0 saturated carbocycles. The van der Waals surface area contributed by atoms with Gasteiger partial charge in [0.2, 0.25) is 0 Å². The highest BCUT2D eigenvalue weighted by Crippen LogP contribution is 2.23. The molecular weight excluding hydrogens is 267 g/mol. The minimum Gasteiger partial charge on any atom is -0.393 e. The molecule has 0 aliphatic rings. The molecule has 102 valence electrons. The van der Waals surface area contributed by atoms with Gasteiger partial charge in [0, 0.05) is 0 Å².